The lowest BCUT2D eigenvalue weighted by molar-refractivity contribution is 0.0176. The molecule has 0 spiro atoms. The van der Waals surface area contributed by atoms with E-state index in [1.165, 1.54) is 11.1 Å². The third-order valence-electron chi connectivity index (χ3n) is 7.63. The molecule has 1 saturated heterocycles. The molecule has 1 aliphatic carbocycles. The molecule has 0 saturated carbocycles. The number of aliphatic hydroxyl groups excluding tert-OH is 1. The van der Waals surface area contributed by atoms with Crippen molar-refractivity contribution in [2.24, 2.45) is 5.92 Å². The molecular weight excluding hydrogens is 504 g/mol. The van der Waals surface area contributed by atoms with E-state index >= 15 is 0 Å². The van der Waals surface area contributed by atoms with Crippen LogP contribution in [0.4, 0.5) is 4.79 Å². The number of fused-ring (bicyclic) bond motifs is 1. The SMILES string of the molecule is CC.COc1ccc([C@@H]2CN(C(O)CNC(=O)OCc3ccccc3)C[C@@H]2C)cc1OC1Cc2ccccc2C1. The number of hydrogen-bond acceptors (Lipinski definition) is 6. The van der Waals surface area contributed by atoms with Gasteiger partial charge in [-0.25, -0.2) is 4.79 Å². The van der Waals surface area contributed by atoms with Gasteiger partial charge in [0.1, 0.15) is 18.9 Å². The molecule has 1 amide bonds. The first kappa shape index (κ1) is 29.4. The summed E-state index contributed by atoms with van der Waals surface area (Å²) < 4.78 is 17.3. The average Bonchev–Trinajstić information content (AvgIpc) is 3.59. The molecule has 40 heavy (non-hydrogen) atoms. The second-order valence-corrected chi connectivity index (χ2v) is 10.3. The van der Waals surface area contributed by atoms with Crippen LogP contribution in [0.2, 0.25) is 0 Å². The number of amides is 1. The first-order valence-corrected chi connectivity index (χ1v) is 14.3. The Labute approximate surface area is 238 Å². The number of carbonyl (C=O) groups excluding carboxylic acids is 1. The summed E-state index contributed by atoms with van der Waals surface area (Å²) in [6.45, 7) is 7.90. The molecule has 3 aromatic carbocycles. The molecule has 7 heteroatoms. The summed E-state index contributed by atoms with van der Waals surface area (Å²) in [7, 11) is 1.67. The molecular formula is C33H42N2O5. The topological polar surface area (TPSA) is 80.3 Å². The van der Waals surface area contributed by atoms with Crippen LogP contribution in [0.3, 0.4) is 0 Å². The van der Waals surface area contributed by atoms with E-state index in [-0.39, 0.29) is 25.2 Å². The van der Waals surface area contributed by atoms with E-state index in [0.717, 1.165) is 42.0 Å². The molecule has 5 rings (SSSR count). The fraction of sp³-hybridized carbons (Fsp3) is 0.424. The molecule has 3 atom stereocenters. The Bertz CT molecular complexity index is 1210. The highest BCUT2D eigenvalue weighted by Gasteiger charge is 2.35. The number of rotatable bonds is 9. The summed E-state index contributed by atoms with van der Waals surface area (Å²) in [6.07, 6.45) is 0.540. The van der Waals surface area contributed by atoms with Gasteiger partial charge in [0.05, 0.1) is 13.7 Å². The van der Waals surface area contributed by atoms with E-state index in [2.05, 4.69) is 48.6 Å². The first-order valence-electron chi connectivity index (χ1n) is 14.3. The average molecular weight is 547 g/mol. The number of benzene rings is 3. The number of hydrogen-bond donors (Lipinski definition) is 2. The maximum Gasteiger partial charge on any atom is 0.407 e. The van der Waals surface area contributed by atoms with Gasteiger partial charge in [0, 0.05) is 31.8 Å². The Kier molecular flexibility index (Phi) is 10.4. The van der Waals surface area contributed by atoms with Gasteiger partial charge in [-0.2, -0.15) is 0 Å². The van der Waals surface area contributed by atoms with E-state index in [1.807, 2.05) is 55.1 Å². The van der Waals surface area contributed by atoms with Crippen LogP contribution in [0, 0.1) is 5.92 Å². The number of methoxy groups -OCH3 is 1. The van der Waals surface area contributed by atoms with Gasteiger partial charge < -0.3 is 24.6 Å². The molecule has 1 unspecified atom stereocenters. The van der Waals surface area contributed by atoms with Gasteiger partial charge in [-0.05, 0) is 40.3 Å². The molecule has 214 valence electrons. The van der Waals surface area contributed by atoms with Crippen molar-refractivity contribution < 1.29 is 24.1 Å². The maximum atomic E-state index is 12.1. The number of ether oxygens (including phenoxy) is 3. The second kappa shape index (κ2) is 14.2. The van der Waals surface area contributed by atoms with E-state index in [4.69, 9.17) is 14.2 Å². The molecule has 0 aromatic heterocycles. The third kappa shape index (κ3) is 7.34. The summed E-state index contributed by atoms with van der Waals surface area (Å²) >= 11 is 0. The predicted molar refractivity (Wildman–Crippen MR) is 157 cm³/mol. The standard InChI is InChI=1S/C31H36N2O5.C2H6/c1-21-18-33(30(34)17-32-31(35)37-20-22-8-4-3-5-9-22)19-27(21)25-12-13-28(36-2)29(16-25)38-26-14-23-10-6-7-11-24(23)15-26;1-2/h3-13,16,21,26-27,30,34H,14-15,17-20H2,1-2H3,(H,32,35);1-2H3/t21-,27+,30?;/m0./s1. The quantitative estimate of drug-likeness (QED) is 0.367. The van der Waals surface area contributed by atoms with Crippen molar-refractivity contribution in [3.05, 3.63) is 95.1 Å². The lowest BCUT2D eigenvalue weighted by atomic mass is 9.90. The molecule has 1 fully saturated rings. The summed E-state index contributed by atoms with van der Waals surface area (Å²) in [4.78, 5) is 14.1. The number of nitrogens with one attached hydrogen (secondary N) is 1. The van der Waals surface area contributed by atoms with Crippen LogP contribution in [0.25, 0.3) is 0 Å². The molecule has 2 aliphatic rings. The van der Waals surface area contributed by atoms with Gasteiger partial charge in [-0.15, -0.1) is 0 Å². The van der Waals surface area contributed by atoms with Gasteiger partial charge in [0.15, 0.2) is 11.5 Å². The summed E-state index contributed by atoms with van der Waals surface area (Å²) in [5.41, 5.74) is 4.77. The highest BCUT2D eigenvalue weighted by atomic mass is 16.5. The van der Waals surface area contributed by atoms with Crippen LogP contribution < -0.4 is 14.8 Å². The zero-order valence-electron chi connectivity index (χ0n) is 24.0. The first-order chi connectivity index (χ1) is 19.5. The van der Waals surface area contributed by atoms with E-state index < -0.39 is 12.3 Å². The number of carbonyl (C=O) groups is 1. The smallest absolute Gasteiger partial charge is 0.407 e. The Morgan fingerprint density at radius 2 is 1.65 bits per heavy atom. The summed E-state index contributed by atoms with van der Waals surface area (Å²) in [5.74, 6) is 2.04. The monoisotopic (exact) mass is 546 g/mol. The second-order valence-electron chi connectivity index (χ2n) is 10.3. The summed E-state index contributed by atoms with van der Waals surface area (Å²) in [5, 5.41) is 13.5. The Balaban J connectivity index is 0.00000181. The van der Waals surface area contributed by atoms with Gasteiger partial charge in [-0.1, -0.05) is 81.4 Å². The van der Waals surface area contributed by atoms with Crippen molar-refractivity contribution >= 4 is 6.09 Å². The van der Waals surface area contributed by atoms with E-state index in [1.54, 1.807) is 7.11 Å². The molecule has 0 radical (unpaired) electrons. The van der Waals surface area contributed by atoms with Crippen molar-refractivity contribution in [3.63, 3.8) is 0 Å². The number of aliphatic hydroxyl groups is 1. The fourth-order valence-corrected chi connectivity index (χ4v) is 5.56. The van der Waals surface area contributed by atoms with Crippen molar-refractivity contribution in [1.29, 1.82) is 0 Å². The van der Waals surface area contributed by atoms with Crippen LogP contribution >= 0.6 is 0 Å². The van der Waals surface area contributed by atoms with Gasteiger partial charge >= 0.3 is 6.09 Å². The molecule has 0 bridgehead atoms. The van der Waals surface area contributed by atoms with Crippen molar-refractivity contribution in [3.8, 4) is 11.5 Å². The molecule has 1 heterocycles. The molecule has 3 aromatic rings. The highest BCUT2D eigenvalue weighted by Crippen LogP contribution is 2.39. The molecule has 1 aliphatic heterocycles. The normalized spacial score (nSPS) is 19.2. The summed E-state index contributed by atoms with van der Waals surface area (Å²) in [6, 6.07) is 24.2. The highest BCUT2D eigenvalue weighted by molar-refractivity contribution is 5.67. The largest absolute Gasteiger partial charge is 0.493 e. The van der Waals surface area contributed by atoms with Gasteiger partial charge in [0.25, 0.3) is 0 Å². The minimum atomic E-state index is -0.794. The van der Waals surface area contributed by atoms with Crippen LogP contribution in [0.1, 0.15) is 48.9 Å². The number of likely N-dealkylation sites (tertiary alicyclic amines) is 1. The predicted octanol–water partition coefficient (Wildman–Crippen LogP) is 5.55. The van der Waals surface area contributed by atoms with Crippen molar-refractivity contribution in [2.45, 2.75) is 58.5 Å². The number of nitrogens with zero attached hydrogens (tertiary/aromatic N) is 1. The fourth-order valence-electron chi connectivity index (χ4n) is 5.56. The number of alkyl carbamates (subject to hydrolysis) is 1. The molecule has 7 nitrogen and oxygen atoms in total. The Morgan fingerprint density at radius 1 is 0.975 bits per heavy atom. The zero-order chi connectivity index (χ0) is 28.5. The maximum absolute atomic E-state index is 12.1. The lowest BCUT2D eigenvalue weighted by Gasteiger charge is -2.23. The Hall–Kier alpha value is -3.55. The van der Waals surface area contributed by atoms with Crippen LogP contribution in [0.15, 0.2) is 72.8 Å². The van der Waals surface area contributed by atoms with Crippen LogP contribution in [-0.2, 0) is 24.2 Å². The van der Waals surface area contributed by atoms with E-state index in [9.17, 15) is 9.90 Å². The van der Waals surface area contributed by atoms with Crippen LogP contribution in [0.5, 0.6) is 11.5 Å². The minimum Gasteiger partial charge on any atom is -0.493 e. The van der Waals surface area contributed by atoms with Crippen molar-refractivity contribution in [2.75, 3.05) is 26.7 Å². The minimum absolute atomic E-state index is 0.0867. The van der Waals surface area contributed by atoms with Crippen LogP contribution in [-0.4, -0.2) is 55.2 Å². The van der Waals surface area contributed by atoms with E-state index in [0.29, 0.717) is 12.5 Å². The van der Waals surface area contributed by atoms with Gasteiger partial charge in [-0.3, -0.25) is 4.90 Å². The Morgan fingerprint density at radius 3 is 2.33 bits per heavy atom. The van der Waals surface area contributed by atoms with Crippen molar-refractivity contribution in [1.82, 2.24) is 10.2 Å². The zero-order valence-corrected chi connectivity index (χ0v) is 24.0. The molecule has 2 N–H and O–H groups in total. The third-order valence-corrected chi connectivity index (χ3v) is 7.63. The van der Waals surface area contributed by atoms with Gasteiger partial charge in [0.2, 0.25) is 0 Å². The lowest BCUT2D eigenvalue weighted by Crippen LogP contribution is -2.43.